The third kappa shape index (κ3) is 7.40. The molecule has 2 N–H and O–H groups in total. The lowest BCUT2D eigenvalue weighted by atomic mass is 10.4. The molecular formula is C16H26IN3S. The van der Waals surface area contributed by atoms with Crippen LogP contribution in [0.1, 0.15) is 26.7 Å². The third-order valence-corrected chi connectivity index (χ3v) is 4.46. The van der Waals surface area contributed by atoms with Crippen LogP contribution in [0.3, 0.4) is 0 Å². The summed E-state index contributed by atoms with van der Waals surface area (Å²) in [4.78, 5) is 5.98. The van der Waals surface area contributed by atoms with E-state index in [1.807, 2.05) is 11.8 Å². The quantitative estimate of drug-likeness (QED) is 0.232. The molecule has 0 heterocycles. The van der Waals surface area contributed by atoms with Gasteiger partial charge in [0.2, 0.25) is 0 Å². The number of guanidine groups is 1. The Bertz CT molecular complexity index is 425. The highest BCUT2D eigenvalue weighted by Crippen LogP contribution is 2.28. The van der Waals surface area contributed by atoms with Crippen molar-refractivity contribution in [1.82, 2.24) is 10.6 Å². The molecule has 0 bridgehead atoms. The molecule has 0 spiro atoms. The van der Waals surface area contributed by atoms with Crippen LogP contribution in [0.15, 0.2) is 40.2 Å². The summed E-state index contributed by atoms with van der Waals surface area (Å²) >= 11 is 1.90. The van der Waals surface area contributed by atoms with E-state index in [1.165, 1.54) is 11.3 Å². The van der Waals surface area contributed by atoms with Gasteiger partial charge in [-0.15, -0.1) is 35.7 Å². The lowest BCUT2D eigenvalue weighted by Gasteiger charge is -2.10. The molecule has 1 aliphatic carbocycles. The first-order valence-electron chi connectivity index (χ1n) is 7.52. The Labute approximate surface area is 149 Å². The summed E-state index contributed by atoms with van der Waals surface area (Å²) in [6, 6.07) is 11.2. The summed E-state index contributed by atoms with van der Waals surface area (Å²) in [6.45, 7) is 6.19. The fourth-order valence-electron chi connectivity index (χ4n) is 1.98. The zero-order valence-electron chi connectivity index (χ0n) is 12.8. The van der Waals surface area contributed by atoms with Crippen molar-refractivity contribution in [3.63, 3.8) is 0 Å². The van der Waals surface area contributed by atoms with Crippen LogP contribution in [-0.4, -0.2) is 30.8 Å². The Morgan fingerprint density at radius 1 is 1.33 bits per heavy atom. The normalized spacial score (nSPS) is 20.6. The molecule has 3 nitrogen and oxygen atoms in total. The second kappa shape index (κ2) is 10.3. The number of rotatable bonds is 7. The van der Waals surface area contributed by atoms with E-state index < -0.39 is 0 Å². The average Bonchev–Trinajstić information content (AvgIpc) is 3.15. The van der Waals surface area contributed by atoms with Gasteiger partial charge in [0.15, 0.2) is 5.96 Å². The van der Waals surface area contributed by atoms with Crippen molar-refractivity contribution < 1.29 is 0 Å². The van der Waals surface area contributed by atoms with Gasteiger partial charge in [-0.3, -0.25) is 4.99 Å². The van der Waals surface area contributed by atoms with E-state index in [9.17, 15) is 0 Å². The highest BCUT2D eigenvalue weighted by atomic mass is 127. The average molecular weight is 419 g/mol. The van der Waals surface area contributed by atoms with Crippen LogP contribution < -0.4 is 10.6 Å². The SMILES string of the molecule is CCNC(=NCCCSc1ccccc1)NC1CC1C.I. The monoisotopic (exact) mass is 419 g/mol. The largest absolute Gasteiger partial charge is 0.357 e. The lowest BCUT2D eigenvalue weighted by Crippen LogP contribution is -2.39. The van der Waals surface area contributed by atoms with Crippen molar-refractivity contribution in [2.24, 2.45) is 10.9 Å². The maximum absolute atomic E-state index is 4.64. The van der Waals surface area contributed by atoms with Crippen LogP contribution in [0.25, 0.3) is 0 Å². The summed E-state index contributed by atoms with van der Waals surface area (Å²) in [5.41, 5.74) is 0. The Hall–Kier alpha value is -0.430. The summed E-state index contributed by atoms with van der Waals surface area (Å²) in [6.07, 6.45) is 2.38. The van der Waals surface area contributed by atoms with E-state index in [0.717, 1.165) is 37.1 Å². The molecular weight excluding hydrogens is 393 g/mol. The zero-order valence-corrected chi connectivity index (χ0v) is 16.0. The van der Waals surface area contributed by atoms with Gasteiger partial charge in [-0.25, -0.2) is 0 Å². The Balaban J connectivity index is 0.00000220. The molecule has 118 valence electrons. The predicted molar refractivity (Wildman–Crippen MR) is 104 cm³/mol. The number of aliphatic imine (C=N–C) groups is 1. The van der Waals surface area contributed by atoms with Crippen molar-refractivity contribution >= 4 is 41.7 Å². The van der Waals surface area contributed by atoms with Crippen LogP contribution in [0.5, 0.6) is 0 Å². The van der Waals surface area contributed by atoms with Crippen LogP contribution in [0.4, 0.5) is 0 Å². The number of nitrogens with one attached hydrogen (secondary N) is 2. The zero-order chi connectivity index (χ0) is 14.2. The van der Waals surface area contributed by atoms with Crippen molar-refractivity contribution in [2.75, 3.05) is 18.8 Å². The highest BCUT2D eigenvalue weighted by Gasteiger charge is 2.33. The smallest absolute Gasteiger partial charge is 0.191 e. The molecule has 1 fully saturated rings. The molecule has 2 unspecified atom stereocenters. The molecule has 2 rings (SSSR count). The molecule has 1 aromatic carbocycles. The first-order valence-corrected chi connectivity index (χ1v) is 8.51. The number of thioether (sulfide) groups is 1. The number of halogens is 1. The van der Waals surface area contributed by atoms with E-state index in [0.29, 0.717) is 6.04 Å². The topological polar surface area (TPSA) is 36.4 Å². The van der Waals surface area contributed by atoms with Gasteiger partial charge in [-0.05, 0) is 43.6 Å². The van der Waals surface area contributed by atoms with Gasteiger partial charge >= 0.3 is 0 Å². The number of benzene rings is 1. The van der Waals surface area contributed by atoms with Gasteiger partial charge in [0.1, 0.15) is 0 Å². The molecule has 1 aromatic rings. The van der Waals surface area contributed by atoms with Crippen molar-refractivity contribution in [3.8, 4) is 0 Å². The van der Waals surface area contributed by atoms with E-state index in [1.54, 1.807) is 0 Å². The Morgan fingerprint density at radius 3 is 2.67 bits per heavy atom. The standard InChI is InChI=1S/C16H25N3S.HI/c1-3-17-16(19-15-12-13(15)2)18-10-7-11-20-14-8-5-4-6-9-14;/h4-6,8-9,13,15H,3,7,10-12H2,1-2H3,(H2,17,18,19);1H. The van der Waals surface area contributed by atoms with Crippen molar-refractivity contribution in [3.05, 3.63) is 30.3 Å². The lowest BCUT2D eigenvalue weighted by molar-refractivity contribution is 0.763. The van der Waals surface area contributed by atoms with Crippen molar-refractivity contribution in [2.45, 2.75) is 37.6 Å². The van der Waals surface area contributed by atoms with Gasteiger partial charge in [0.05, 0.1) is 0 Å². The Kier molecular flexibility index (Phi) is 9.15. The van der Waals surface area contributed by atoms with Gasteiger partial charge in [0.25, 0.3) is 0 Å². The Morgan fingerprint density at radius 2 is 2.05 bits per heavy atom. The van der Waals surface area contributed by atoms with Crippen LogP contribution >= 0.6 is 35.7 Å². The first kappa shape index (κ1) is 18.6. The number of nitrogens with zero attached hydrogens (tertiary/aromatic N) is 1. The van der Waals surface area contributed by atoms with Crippen LogP contribution in [0.2, 0.25) is 0 Å². The van der Waals surface area contributed by atoms with Crippen LogP contribution in [-0.2, 0) is 0 Å². The molecule has 21 heavy (non-hydrogen) atoms. The first-order chi connectivity index (χ1) is 9.79. The molecule has 0 amide bonds. The molecule has 2 atom stereocenters. The van der Waals surface area contributed by atoms with Crippen molar-refractivity contribution in [1.29, 1.82) is 0 Å². The summed E-state index contributed by atoms with van der Waals surface area (Å²) < 4.78 is 0. The van der Waals surface area contributed by atoms with E-state index in [4.69, 9.17) is 0 Å². The maximum atomic E-state index is 4.64. The summed E-state index contributed by atoms with van der Waals surface area (Å²) in [7, 11) is 0. The van der Waals surface area contributed by atoms with E-state index >= 15 is 0 Å². The minimum atomic E-state index is 0. The van der Waals surface area contributed by atoms with E-state index in [-0.39, 0.29) is 24.0 Å². The second-order valence-electron chi connectivity index (χ2n) is 5.24. The molecule has 0 aromatic heterocycles. The van der Waals surface area contributed by atoms with Gasteiger partial charge in [0, 0.05) is 24.0 Å². The molecule has 0 saturated heterocycles. The van der Waals surface area contributed by atoms with Gasteiger partial charge in [-0.1, -0.05) is 25.1 Å². The summed E-state index contributed by atoms with van der Waals surface area (Å²) in [5.74, 6) is 2.89. The van der Waals surface area contributed by atoms with E-state index in [2.05, 4.69) is 59.8 Å². The molecule has 0 radical (unpaired) electrons. The molecule has 1 aliphatic rings. The number of hydrogen-bond acceptors (Lipinski definition) is 2. The fourth-order valence-corrected chi connectivity index (χ4v) is 2.84. The minimum absolute atomic E-state index is 0. The molecule has 0 aliphatic heterocycles. The maximum Gasteiger partial charge on any atom is 0.191 e. The molecule has 1 saturated carbocycles. The van der Waals surface area contributed by atoms with Crippen LogP contribution in [0, 0.1) is 5.92 Å². The minimum Gasteiger partial charge on any atom is -0.357 e. The predicted octanol–water partition coefficient (Wildman–Crippen LogP) is 3.75. The summed E-state index contributed by atoms with van der Waals surface area (Å²) in [5, 5.41) is 6.80. The number of hydrogen-bond donors (Lipinski definition) is 2. The second-order valence-corrected chi connectivity index (χ2v) is 6.41. The molecule has 5 heteroatoms. The fraction of sp³-hybridized carbons (Fsp3) is 0.562. The van der Waals surface area contributed by atoms with Gasteiger partial charge < -0.3 is 10.6 Å². The third-order valence-electron chi connectivity index (χ3n) is 3.36. The highest BCUT2D eigenvalue weighted by molar-refractivity contribution is 14.0. The van der Waals surface area contributed by atoms with Gasteiger partial charge in [-0.2, -0.15) is 0 Å².